The Morgan fingerprint density at radius 3 is 2.47 bits per heavy atom. The Morgan fingerprint density at radius 1 is 1.17 bits per heavy atom. The molecule has 1 aliphatic heterocycles. The zero-order valence-corrected chi connectivity index (χ0v) is 16.1. The highest BCUT2D eigenvalue weighted by Crippen LogP contribution is 2.38. The SMILES string of the molecule is CN1NNN=C1NC(=O)c1ccc(OC(F)(F)F)c(NC(=O)c2ccnn2C)c1Cl. The van der Waals surface area contributed by atoms with Crippen LogP contribution in [0.3, 0.4) is 0 Å². The van der Waals surface area contributed by atoms with Crippen LogP contribution >= 0.6 is 11.6 Å². The monoisotopic (exact) mass is 446 g/mol. The van der Waals surface area contributed by atoms with Crippen molar-refractivity contribution in [2.24, 2.45) is 12.1 Å². The highest BCUT2D eigenvalue weighted by atomic mass is 35.5. The van der Waals surface area contributed by atoms with E-state index in [0.717, 1.165) is 12.1 Å². The number of hydrogen-bond acceptors (Lipinski definition) is 8. The Hall–Kier alpha value is -3.52. The van der Waals surface area contributed by atoms with Crippen LogP contribution in [-0.2, 0) is 7.05 Å². The lowest BCUT2D eigenvalue weighted by molar-refractivity contribution is -0.274. The molecule has 1 aliphatic rings. The van der Waals surface area contributed by atoms with Gasteiger partial charge in [0.15, 0.2) is 5.75 Å². The lowest BCUT2D eigenvalue weighted by Gasteiger charge is -2.18. The van der Waals surface area contributed by atoms with Crippen molar-refractivity contribution >= 4 is 35.1 Å². The summed E-state index contributed by atoms with van der Waals surface area (Å²) in [6.45, 7) is 0. The zero-order chi connectivity index (χ0) is 22.1. The Morgan fingerprint density at radius 2 is 1.90 bits per heavy atom. The van der Waals surface area contributed by atoms with E-state index in [1.54, 1.807) is 7.05 Å². The topological polar surface area (TPSA) is 125 Å². The number of aromatic nitrogens is 2. The third-order valence-electron chi connectivity index (χ3n) is 3.79. The number of benzene rings is 1. The second kappa shape index (κ2) is 8.08. The maximum Gasteiger partial charge on any atom is 0.573 e. The van der Waals surface area contributed by atoms with Crippen molar-refractivity contribution < 1.29 is 27.5 Å². The van der Waals surface area contributed by atoms with Crippen LogP contribution in [0, 0.1) is 0 Å². The summed E-state index contributed by atoms with van der Waals surface area (Å²) in [5.74, 6) is -2.31. The van der Waals surface area contributed by atoms with Gasteiger partial charge in [-0.1, -0.05) is 11.6 Å². The van der Waals surface area contributed by atoms with Gasteiger partial charge < -0.3 is 10.1 Å². The van der Waals surface area contributed by atoms with Crippen LogP contribution in [0.2, 0.25) is 5.02 Å². The first-order valence-corrected chi connectivity index (χ1v) is 8.45. The molecule has 1 aromatic heterocycles. The normalized spacial score (nSPS) is 13.5. The number of amides is 2. The number of aryl methyl sites for hydroxylation is 1. The van der Waals surface area contributed by atoms with Crippen molar-refractivity contribution in [3.8, 4) is 5.75 Å². The number of nitrogens with one attached hydrogen (secondary N) is 4. The lowest BCUT2D eigenvalue weighted by atomic mass is 10.1. The molecule has 0 fully saturated rings. The van der Waals surface area contributed by atoms with E-state index < -0.39 is 34.6 Å². The summed E-state index contributed by atoms with van der Waals surface area (Å²) in [5, 5.41) is 13.1. The number of alkyl halides is 3. The number of hydrazine groups is 2. The number of hydrazone groups is 1. The molecular weight excluding hydrogens is 433 g/mol. The van der Waals surface area contributed by atoms with Crippen molar-refractivity contribution in [2.75, 3.05) is 12.4 Å². The first-order chi connectivity index (χ1) is 14.1. The van der Waals surface area contributed by atoms with Gasteiger partial charge in [0.2, 0.25) is 5.96 Å². The van der Waals surface area contributed by atoms with Gasteiger partial charge in [-0.3, -0.25) is 24.6 Å². The van der Waals surface area contributed by atoms with Gasteiger partial charge in [-0.15, -0.1) is 23.8 Å². The number of hydrogen-bond donors (Lipinski definition) is 4. The number of halogens is 4. The van der Waals surface area contributed by atoms with Gasteiger partial charge in [-0.05, 0) is 18.2 Å². The molecule has 15 heteroatoms. The predicted octanol–water partition coefficient (Wildman–Crippen LogP) is 1.18. The molecule has 1 aromatic carbocycles. The largest absolute Gasteiger partial charge is 0.573 e. The summed E-state index contributed by atoms with van der Waals surface area (Å²) in [6.07, 6.45) is -3.73. The molecule has 2 heterocycles. The van der Waals surface area contributed by atoms with E-state index in [1.807, 2.05) is 0 Å². The summed E-state index contributed by atoms with van der Waals surface area (Å²) >= 11 is 6.17. The standard InChI is InChI=1S/C15H14ClF3N8O3/c1-26-8(5-6-20-26)13(29)21-11-9(30-15(17,18)19)4-3-7(10(11)16)12(28)22-14-23-24-25-27(14)2/h3-6,24-25H,1-2H3,(H,21,29)(H,22,23,28). The van der Waals surface area contributed by atoms with Gasteiger partial charge >= 0.3 is 6.36 Å². The number of nitrogens with zero attached hydrogens (tertiary/aromatic N) is 4. The summed E-state index contributed by atoms with van der Waals surface area (Å²) in [7, 11) is 3.01. The van der Waals surface area contributed by atoms with Gasteiger partial charge in [0.1, 0.15) is 11.4 Å². The Kier molecular flexibility index (Phi) is 5.71. The molecule has 0 bridgehead atoms. The molecule has 0 radical (unpaired) electrons. The average molecular weight is 447 g/mol. The molecule has 3 rings (SSSR count). The summed E-state index contributed by atoms with van der Waals surface area (Å²) in [6, 6.07) is 3.23. The second-order valence-corrected chi connectivity index (χ2v) is 6.19. The number of rotatable bonds is 4. The molecule has 0 spiro atoms. The van der Waals surface area contributed by atoms with Crippen LogP contribution < -0.4 is 26.4 Å². The van der Waals surface area contributed by atoms with E-state index in [2.05, 4.69) is 36.6 Å². The van der Waals surface area contributed by atoms with Crippen LogP contribution in [0.25, 0.3) is 0 Å². The molecular formula is C15H14ClF3N8O3. The van der Waals surface area contributed by atoms with Crippen molar-refractivity contribution in [1.29, 1.82) is 0 Å². The number of carbonyl (C=O) groups excluding carboxylic acids is 2. The molecule has 11 nitrogen and oxygen atoms in total. The van der Waals surface area contributed by atoms with Crippen LogP contribution in [0.15, 0.2) is 29.5 Å². The Labute approximate surface area is 171 Å². The van der Waals surface area contributed by atoms with Crippen LogP contribution in [0.1, 0.15) is 20.8 Å². The van der Waals surface area contributed by atoms with Crippen molar-refractivity contribution in [3.63, 3.8) is 0 Å². The van der Waals surface area contributed by atoms with E-state index in [1.165, 1.54) is 29.0 Å². The molecule has 160 valence electrons. The van der Waals surface area contributed by atoms with E-state index in [4.69, 9.17) is 11.6 Å². The second-order valence-electron chi connectivity index (χ2n) is 5.81. The molecule has 0 atom stereocenters. The van der Waals surface area contributed by atoms with Crippen molar-refractivity contribution in [3.05, 3.63) is 40.7 Å². The van der Waals surface area contributed by atoms with Crippen LogP contribution in [0.5, 0.6) is 5.75 Å². The van der Waals surface area contributed by atoms with Gasteiger partial charge in [-0.25, -0.2) is 5.53 Å². The predicted molar refractivity (Wildman–Crippen MR) is 98.2 cm³/mol. The summed E-state index contributed by atoms with van der Waals surface area (Å²) in [4.78, 5) is 25.0. The number of guanidine groups is 1. The summed E-state index contributed by atoms with van der Waals surface area (Å²) < 4.78 is 43.5. The molecule has 2 amide bonds. The van der Waals surface area contributed by atoms with Crippen molar-refractivity contribution in [2.45, 2.75) is 6.36 Å². The van der Waals surface area contributed by atoms with Gasteiger partial charge in [-0.2, -0.15) is 5.10 Å². The highest BCUT2D eigenvalue weighted by molar-refractivity contribution is 6.37. The minimum Gasteiger partial charge on any atom is -0.404 e. The number of carbonyl (C=O) groups is 2. The van der Waals surface area contributed by atoms with Gasteiger partial charge in [0, 0.05) is 20.3 Å². The van der Waals surface area contributed by atoms with Crippen LogP contribution in [0.4, 0.5) is 18.9 Å². The quantitative estimate of drug-likeness (QED) is 0.556. The fraction of sp³-hybridized carbons (Fsp3) is 0.200. The molecule has 0 saturated carbocycles. The molecule has 0 saturated heterocycles. The Balaban J connectivity index is 1.96. The van der Waals surface area contributed by atoms with E-state index >= 15 is 0 Å². The molecule has 30 heavy (non-hydrogen) atoms. The Bertz CT molecular complexity index is 1020. The number of anilines is 1. The first kappa shape index (κ1) is 21.2. The van der Waals surface area contributed by atoms with Gasteiger partial charge in [0.25, 0.3) is 11.8 Å². The minimum absolute atomic E-state index is 0.0398. The average Bonchev–Trinajstić information content (AvgIpc) is 3.25. The fourth-order valence-corrected chi connectivity index (χ4v) is 2.68. The maximum absolute atomic E-state index is 12.8. The molecule has 0 unspecified atom stereocenters. The van der Waals surface area contributed by atoms with Crippen molar-refractivity contribution in [1.82, 2.24) is 31.2 Å². The fourth-order valence-electron chi connectivity index (χ4n) is 2.40. The van der Waals surface area contributed by atoms with E-state index in [-0.39, 0.29) is 17.2 Å². The molecule has 4 N–H and O–H groups in total. The number of ether oxygens (including phenoxy) is 1. The summed E-state index contributed by atoms with van der Waals surface area (Å²) in [5.41, 5.74) is 4.22. The molecule has 0 aliphatic carbocycles. The third-order valence-corrected chi connectivity index (χ3v) is 4.18. The van der Waals surface area contributed by atoms with E-state index in [9.17, 15) is 22.8 Å². The zero-order valence-electron chi connectivity index (χ0n) is 15.3. The third kappa shape index (κ3) is 4.55. The maximum atomic E-state index is 12.8. The lowest BCUT2D eigenvalue weighted by Crippen LogP contribution is -2.45. The first-order valence-electron chi connectivity index (χ1n) is 8.08. The van der Waals surface area contributed by atoms with E-state index in [0.29, 0.717) is 0 Å². The highest BCUT2D eigenvalue weighted by Gasteiger charge is 2.34. The minimum atomic E-state index is -5.06. The smallest absolute Gasteiger partial charge is 0.404 e. The molecule has 2 aromatic rings. The van der Waals surface area contributed by atoms with Gasteiger partial charge in [0.05, 0.1) is 10.6 Å². The van der Waals surface area contributed by atoms with Crippen LogP contribution in [-0.4, -0.2) is 46.0 Å².